The molecule has 3 heterocycles. The molecule has 8 heteroatoms. The number of fused-ring (bicyclic) bond motifs is 1. The zero-order chi connectivity index (χ0) is 20.9. The normalized spacial score (nSPS) is 18.7. The number of hydrogen-bond donors (Lipinski definition) is 0. The largest absolute Gasteiger partial charge is 0.481 e. The fourth-order valence-electron chi connectivity index (χ4n) is 3.93. The Labute approximate surface area is 176 Å². The first kappa shape index (κ1) is 20.4. The number of aromatic nitrogens is 2. The van der Waals surface area contributed by atoms with Crippen molar-refractivity contribution in [1.29, 1.82) is 0 Å². The second kappa shape index (κ2) is 9.30. The zero-order valence-corrected chi connectivity index (χ0v) is 17.5. The van der Waals surface area contributed by atoms with Crippen LogP contribution in [0.4, 0.5) is 4.79 Å². The number of likely N-dealkylation sites (tertiary alicyclic amines) is 1. The molecule has 30 heavy (non-hydrogen) atoms. The first-order valence-corrected chi connectivity index (χ1v) is 10.4. The van der Waals surface area contributed by atoms with Crippen LogP contribution in [0.2, 0.25) is 0 Å². The molecule has 2 aliphatic rings. The van der Waals surface area contributed by atoms with E-state index in [0.717, 1.165) is 29.8 Å². The minimum atomic E-state index is -0.350. The zero-order valence-electron chi connectivity index (χ0n) is 17.5. The summed E-state index contributed by atoms with van der Waals surface area (Å²) in [5.41, 5.74) is 2.63. The second-order valence-corrected chi connectivity index (χ2v) is 7.74. The molecule has 1 saturated heterocycles. The minimum Gasteiger partial charge on any atom is -0.481 e. The summed E-state index contributed by atoms with van der Waals surface area (Å²) in [7, 11) is 3.70. The molecule has 1 amide bonds. The molecule has 8 nitrogen and oxygen atoms in total. The van der Waals surface area contributed by atoms with E-state index in [0.29, 0.717) is 44.0 Å². The quantitative estimate of drug-likeness (QED) is 0.722. The minimum absolute atomic E-state index is 0.249. The van der Waals surface area contributed by atoms with E-state index in [1.54, 1.807) is 12.0 Å². The SMILES string of the molecule is COc1nc(OC[C@@H]2CCCN2C)nc2c1CCN(C(=O)OCc1ccccc1)C2. The highest BCUT2D eigenvalue weighted by molar-refractivity contribution is 5.68. The molecule has 0 aliphatic carbocycles. The highest BCUT2D eigenvalue weighted by Crippen LogP contribution is 2.28. The van der Waals surface area contributed by atoms with Gasteiger partial charge in [-0.25, -0.2) is 4.79 Å². The summed E-state index contributed by atoms with van der Waals surface area (Å²) in [5, 5.41) is 0. The van der Waals surface area contributed by atoms with Gasteiger partial charge in [-0.1, -0.05) is 30.3 Å². The third kappa shape index (κ3) is 4.64. The topological polar surface area (TPSA) is 77.0 Å². The van der Waals surface area contributed by atoms with Crippen molar-refractivity contribution in [3.8, 4) is 11.9 Å². The lowest BCUT2D eigenvalue weighted by Gasteiger charge is -2.28. The Bertz CT molecular complexity index is 877. The molecule has 0 spiro atoms. The summed E-state index contributed by atoms with van der Waals surface area (Å²) in [6.45, 7) is 2.76. The monoisotopic (exact) mass is 412 g/mol. The fourth-order valence-corrected chi connectivity index (χ4v) is 3.93. The van der Waals surface area contributed by atoms with Crippen molar-refractivity contribution < 1.29 is 19.0 Å². The van der Waals surface area contributed by atoms with Crippen LogP contribution in [0, 0.1) is 0 Å². The molecule has 0 unspecified atom stereocenters. The van der Waals surface area contributed by atoms with Gasteiger partial charge in [0, 0.05) is 18.2 Å². The number of hydrogen-bond acceptors (Lipinski definition) is 7. The van der Waals surface area contributed by atoms with Gasteiger partial charge in [0.05, 0.1) is 19.3 Å². The van der Waals surface area contributed by atoms with E-state index in [9.17, 15) is 4.79 Å². The Morgan fingerprint density at radius 2 is 2.03 bits per heavy atom. The molecular formula is C22H28N4O4. The Hall–Kier alpha value is -2.87. The average Bonchev–Trinajstić information content (AvgIpc) is 3.20. The summed E-state index contributed by atoms with van der Waals surface area (Å²) < 4.78 is 16.8. The number of carbonyl (C=O) groups excluding carboxylic acids is 1. The van der Waals surface area contributed by atoms with Crippen LogP contribution in [-0.4, -0.2) is 65.8 Å². The molecule has 2 aromatic rings. The highest BCUT2D eigenvalue weighted by Gasteiger charge is 2.28. The fraction of sp³-hybridized carbons (Fsp3) is 0.500. The Balaban J connectivity index is 1.41. The van der Waals surface area contributed by atoms with Gasteiger partial charge in [-0.3, -0.25) is 0 Å². The lowest BCUT2D eigenvalue weighted by molar-refractivity contribution is 0.0906. The van der Waals surface area contributed by atoms with E-state index in [1.165, 1.54) is 6.42 Å². The molecule has 0 N–H and O–H groups in total. The van der Waals surface area contributed by atoms with E-state index in [-0.39, 0.29) is 12.7 Å². The van der Waals surface area contributed by atoms with Gasteiger partial charge in [-0.15, -0.1) is 0 Å². The number of amides is 1. The van der Waals surface area contributed by atoms with Crippen LogP contribution in [0.5, 0.6) is 11.9 Å². The van der Waals surface area contributed by atoms with Gasteiger partial charge in [0.2, 0.25) is 5.88 Å². The molecule has 4 rings (SSSR count). The van der Waals surface area contributed by atoms with Gasteiger partial charge in [-0.05, 0) is 38.4 Å². The van der Waals surface area contributed by atoms with Crippen molar-refractivity contribution in [1.82, 2.24) is 19.8 Å². The average molecular weight is 412 g/mol. The lowest BCUT2D eigenvalue weighted by atomic mass is 10.1. The number of ether oxygens (including phenoxy) is 3. The predicted octanol–water partition coefficient (Wildman–Crippen LogP) is 2.65. The van der Waals surface area contributed by atoms with Crippen LogP contribution in [-0.2, 0) is 24.3 Å². The van der Waals surface area contributed by atoms with Crippen LogP contribution in [0.15, 0.2) is 30.3 Å². The van der Waals surface area contributed by atoms with E-state index < -0.39 is 0 Å². The van der Waals surface area contributed by atoms with Crippen LogP contribution < -0.4 is 9.47 Å². The van der Waals surface area contributed by atoms with Gasteiger partial charge in [0.1, 0.15) is 13.2 Å². The molecule has 0 saturated carbocycles. The van der Waals surface area contributed by atoms with E-state index in [4.69, 9.17) is 14.2 Å². The van der Waals surface area contributed by atoms with Crippen LogP contribution in [0.25, 0.3) is 0 Å². The third-order valence-corrected chi connectivity index (χ3v) is 5.74. The van der Waals surface area contributed by atoms with Crippen molar-refractivity contribution in [2.24, 2.45) is 0 Å². The van der Waals surface area contributed by atoms with Crippen molar-refractivity contribution in [2.45, 2.75) is 38.5 Å². The van der Waals surface area contributed by atoms with Gasteiger partial charge < -0.3 is 24.0 Å². The van der Waals surface area contributed by atoms with Crippen LogP contribution >= 0.6 is 0 Å². The van der Waals surface area contributed by atoms with E-state index in [2.05, 4.69) is 21.9 Å². The first-order chi connectivity index (χ1) is 14.6. The van der Waals surface area contributed by atoms with Gasteiger partial charge in [0.15, 0.2) is 0 Å². The summed E-state index contributed by atoms with van der Waals surface area (Å²) >= 11 is 0. The molecule has 0 bridgehead atoms. The highest BCUT2D eigenvalue weighted by atomic mass is 16.6. The molecule has 1 fully saturated rings. The van der Waals surface area contributed by atoms with Crippen molar-refractivity contribution in [2.75, 3.05) is 33.9 Å². The summed E-state index contributed by atoms with van der Waals surface area (Å²) in [5.74, 6) is 0.520. The maximum atomic E-state index is 12.5. The third-order valence-electron chi connectivity index (χ3n) is 5.74. The van der Waals surface area contributed by atoms with Gasteiger partial charge in [0.25, 0.3) is 0 Å². The molecule has 1 atom stereocenters. The Kier molecular flexibility index (Phi) is 6.32. The molecule has 0 radical (unpaired) electrons. The van der Waals surface area contributed by atoms with E-state index >= 15 is 0 Å². The van der Waals surface area contributed by atoms with Crippen LogP contribution in [0.3, 0.4) is 0 Å². The Morgan fingerprint density at radius 3 is 2.77 bits per heavy atom. The maximum Gasteiger partial charge on any atom is 0.410 e. The molecule has 1 aromatic carbocycles. The van der Waals surface area contributed by atoms with Gasteiger partial charge in [-0.2, -0.15) is 9.97 Å². The first-order valence-electron chi connectivity index (χ1n) is 10.4. The maximum absolute atomic E-state index is 12.5. The molecular weight excluding hydrogens is 384 g/mol. The lowest BCUT2D eigenvalue weighted by Crippen LogP contribution is -2.37. The van der Waals surface area contributed by atoms with Gasteiger partial charge >= 0.3 is 12.1 Å². The van der Waals surface area contributed by atoms with Crippen molar-refractivity contribution in [3.05, 3.63) is 47.2 Å². The molecule has 160 valence electrons. The number of nitrogens with zero attached hydrogens (tertiary/aromatic N) is 4. The van der Waals surface area contributed by atoms with E-state index in [1.807, 2.05) is 30.3 Å². The number of benzene rings is 1. The second-order valence-electron chi connectivity index (χ2n) is 7.74. The summed E-state index contributed by atoms with van der Waals surface area (Å²) in [4.78, 5) is 25.5. The van der Waals surface area contributed by atoms with Crippen molar-refractivity contribution >= 4 is 6.09 Å². The Morgan fingerprint density at radius 1 is 1.20 bits per heavy atom. The number of likely N-dealkylation sites (N-methyl/N-ethyl adjacent to an activating group) is 1. The van der Waals surface area contributed by atoms with Crippen LogP contribution in [0.1, 0.15) is 29.7 Å². The van der Waals surface area contributed by atoms with Crippen molar-refractivity contribution in [3.63, 3.8) is 0 Å². The summed E-state index contributed by atoms with van der Waals surface area (Å²) in [6.07, 6.45) is 2.56. The number of methoxy groups -OCH3 is 1. The standard InChI is InChI=1S/C22H28N4O4/c1-25-11-6-9-17(25)15-29-21-23-19-13-26(12-10-18(19)20(24-21)28-2)22(27)30-14-16-7-4-3-5-8-16/h3-5,7-8,17H,6,9-15H2,1-2H3/t17-/m0/s1. The number of carbonyl (C=O) groups is 1. The predicted molar refractivity (Wildman–Crippen MR) is 110 cm³/mol. The smallest absolute Gasteiger partial charge is 0.410 e. The summed E-state index contributed by atoms with van der Waals surface area (Å²) in [6, 6.07) is 10.3. The molecule has 2 aliphatic heterocycles. The molecule has 1 aromatic heterocycles. The number of rotatable bonds is 6.